The highest BCUT2D eigenvalue weighted by molar-refractivity contribution is 5.85. The normalized spacial score (nSPS) is 10.9. The van der Waals surface area contributed by atoms with Crippen molar-refractivity contribution in [3.63, 3.8) is 0 Å². The largest absolute Gasteiger partial charge is 0.476 e. The number of hydrogen-bond donors (Lipinski definition) is 2. The van der Waals surface area contributed by atoms with Gasteiger partial charge in [-0.25, -0.2) is 4.79 Å². The van der Waals surface area contributed by atoms with E-state index >= 15 is 0 Å². The number of aromatic carboxylic acids is 1. The molecule has 2 N–H and O–H groups in total. The van der Waals surface area contributed by atoms with Crippen molar-refractivity contribution in [3.05, 3.63) is 17.8 Å². The van der Waals surface area contributed by atoms with Crippen LogP contribution in [0.3, 0.4) is 0 Å². The average molecular weight is 252 g/mol. The second kappa shape index (κ2) is 6.90. The second-order valence-electron chi connectivity index (χ2n) is 4.46. The molecule has 6 nitrogen and oxygen atoms in total. The van der Waals surface area contributed by atoms with E-state index in [2.05, 4.69) is 41.3 Å². The van der Waals surface area contributed by atoms with Crippen LogP contribution >= 0.6 is 0 Å². The summed E-state index contributed by atoms with van der Waals surface area (Å²) in [6, 6.07) is 3.61. The molecule has 6 heteroatoms. The molecule has 0 aliphatic carbocycles. The summed E-state index contributed by atoms with van der Waals surface area (Å²) in [5.74, 6) is -0.459. The molecular weight excluding hydrogens is 232 g/mol. The Labute approximate surface area is 107 Å². The number of nitrogens with zero attached hydrogens (tertiary/aromatic N) is 3. The molecule has 1 aromatic rings. The fraction of sp³-hybridized carbons (Fsp3) is 0.583. The quantitative estimate of drug-likeness (QED) is 0.712. The van der Waals surface area contributed by atoms with E-state index < -0.39 is 5.97 Å². The topological polar surface area (TPSA) is 78.4 Å². The van der Waals surface area contributed by atoms with Gasteiger partial charge in [-0.2, -0.15) is 0 Å². The standard InChI is InChI=1S/C12H20N4O2/c1-9(2)16(3)8-4-7-13-11-6-5-10(12(17)18)14-15-11/h5-6,9H,4,7-8H2,1-3H3,(H,13,15)(H,17,18). The molecule has 0 atom stereocenters. The first-order valence-electron chi connectivity index (χ1n) is 6.02. The van der Waals surface area contributed by atoms with Gasteiger partial charge < -0.3 is 15.3 Å². The lowest BCUT2D eigenvalue weighted by Gasteiger charge is -2.20. The Hall–Kier alpha value is -1.69. The van der Waals surface area contributed by atoms with E-state index in [1.54, 1.807) is 6.07 Å². The third-order valence-corrected chi connectivity index (χ3v) is 2.76. The van der Waals surface area contributed by atoms with Crippen LogP contribution in [0.1, 0.15) is 30.8 Å². The van der Waals surface area contributed by atoms with E-state index in [4.69, 9.17) is 5.11 Å². The highest BCUT2D eigenvalue weighted by Gasteiger charge is 2.05. The van der Waals surface area contributed by atoms with E-state index in [0.29, 0.717) is 11.9 Å². The SMILES string of the molecule is CC(C)N(C)CCCNc1ccc(C(=O)O)nn1. The lowest BCUT2D eigenvalue weighted by Crippen LogP contribution is -2.28. The van der Waals surface area contributed by atoms with Crippen LogP contribution in [0.2, 0.25) is 0 Å². The zero-order chi connectivity index (χ0) is 13.5. The Morgan fingerprint density at radius 2 is 2.17 bits per heavy atom. The van der Waals surface area contributed by atoms with Gasteiger partial charge in [0.2, 0.25) is 0 Å². The van der Waals surface area contributed by atoms with Gasteiger partial charge in [0.15, 0.2) is 5.69 Å². The van der Waals surface area contributed by atoms with Crippen molar-refractivity contribution < 1.29 is 9.90 Å². The lowest BCUT2D eigenvalue weighted by atomic mass is 10.3. The van der Waals surface area contributed by atoms with Crippen LogP contribution in [0.4, 0.5) is 5.82 Å². The molecule has 0 saturated heterocycles. The number of anilines is 1. The van der Waals surface area contributed by atoms with Gasteiger partial charge in [-0.1, -0.05) is 0 Å². The maximum atomic E-state index is 10.6. The van der Waals surface area contributed by atoms with E-state index in [1.807, 2.05) is 0 Å². The van der Waals surface area contributed by atoms with Crippen molar-refractivity contribution in [3.8, 4) is 0 Å². The van der Waals surface area contributed by atoms with Crippen molar-refractivity contribution in [2.45, 2.75) is 26.3 Å². The Morgan fingerprint density at radius 3 is 2.67 bits per heavy atom. The zero-order valence-electron chi connectivity index (χ0n) is 11.1. The van der Waals surface area contributed by atoms with Crippen LogP contribution in [0, 0.1) is 0 Å². The minimum atomic E-state index is -1.06. The molecule has 18 heavy (non-hydrogen) atoms. The molecule has 0 amide bonds. The lowest BCUT2D eigenvalue weighted by molar-refractivity contribution is 0.0689. The number of carbonyl (C=O) groups is 1. The zero-order valence-corrected chi connectivity index (χ0v) is 11.1. The summed E-state index contributed by atoms with van der Waals surface area (Å²) < 4.78 is 0. The minimum absolute atomic E-state index is 0.0416. The molecule has 0 aliphatic rings. The van der Waals surface area contributed by atoms with Crippen LogP contribution in [0.25, 0.3) is 0 Å². The molecule has 0 spiro atoms. The van der Waals surface area contributed by atoms with Crippen LogP contribution in [-0.4, -0.2) is 52.4 Å². The number of carboxylic acid groups (broad SMARTS) is 1. The van der Waals surface area contributed by atoms with Gasteiger partial charge in [0.05, 0.1) is 0 Å². The van der Waals surface area contributed by atoms with E-state index in [0.717, 1.165) is 19.5 Å². The molecule has 0 aliphatic heterocycles. The van der Waals surface area contributed by atoms with Crippen molar-refractivity contribution >= 4 is 11.8 Å². The third kappa shape index (κ3) is 4.67. The molecule has 0 aromatic carbocycles. The Bertz CT molecular complexity index is 378. The van der Waals surface area contributed by atoms with Crippen molar-refractivity contribution in [2.75, 3.05) is 25.5 Å². The van der Waals surface area contributed by atoms with Crippen molar-refractivity contribution in [1.82, 2.24) is 15.1 Å². The summed E-state index contributed by atoms with van der Waals surface area (Å²) in [5.41, 5.74) is -0.0416. The van der Waals surface area contributed by atoms with Gasteiger partial charge in [-0.3, -0.25) is 0 Å². The maximum absolute atomic E-state index is 10.6. The fourth-order valence-electron chi connectivity index (χ4n) is 1.34. The number of rotatable bonds is 7. The first kappa shape index (κ1) is 14.4. The van der Waals surface area contributed by atoms with Gasteiger partial charge in [-0.15, -0.1) is 10.2 Å². The second-order valence-corrected chi connectivity index (χ2v) is 4.46. The molecule has 100 valence electrons. The molecule has 1 aromatic heterocycles. The predicted molar refractivity (Wildman–Crippen MR) is 69.9 cm³/mol. The number of aromatic nitrogens is 2. The van der Waals surface area contributed by atoms with Crippen molar-refractivity contribution in [2.24, 2.45) is 0 Å². The molecule has 0 fully saturated rings. The van der Waals surface area contributed by atoms with E-state index in [1.165, 1.54) is 6.07 Å². The Balaban J connectivity index is 2.29. The van der Waals surface area contributed by atoms with Gasteiger partial charge in [0.25, 0.3) is 0 Å². The number of nitrogens with one attached hydrogen (secondary N) is 1. The molecule has 1 rings (SSSR count). The monoisotopic (exact) mass is 252 g/mol. The summed E-state index contributed by atoms with van der Waals surface area (Å²) in [4.78, 5) is 12.8. The molecule has 0 unspecified atom stereocenters. The number of carboxylic acids is 1. The summed E-state index contributed by atoms with van der Waals surface area (Å²) in [5, 5.41) is 19.2. The van der Waals surface area contributed by atoms with Gasteiger partial charge in [-0.05, 0) is 46.0 Å². The molecule has 0 radical (unpaired) electrons. The van der Waals surface area contributed by atoms with Gasteiger partial charge in [0.1, 0.15) is 5.82 Å². The maximum Gasteiger partial charge on any atom is 0.356 e. The first-order chi connectivity index (χ1) is 8.50. The van der Waals surface area contributed by atoms with Crippen LogP contribution in [0.5, 0.6) is 0 Å². The Morgan fingerprint density at radius 1 is 1.44 bits per heavy atom. The Kier molecular flexibility index (Phi) is 5.51. The fourth-order valence-corrected chi connectivity index (χ4v) is 1.34. The van der Waals surface area contributed by atoms with Gasteiger partial charge in [0, 0.05) is 12.6 Å². The molecule has 0 saturated carbocycles. The average Bonchev–Trinajstić information content (AvgIpc) is 2.34. The van der Waals surface area contributed by atoms with E-state index in [9.17, 15) is 4.79 Å². The third-order valence-electron chi connectivity index (χ3n) is 2.76. The summed E-state index contributed by atoms with van der Waals surface area (Å²) >= 11 is 0. The van der Waals surface area contributed by atoms with Crippen molar-refractivity contribution in [1.29, 1.82) is 0 Å². The highest BCUT2D eigenvalue weighted by Crippen LogP contribution is 2.02. The van der Waals surface area contributed by atoms with Crippen LogP contribution in [0.15, 0.2) is 12.1 Å². The molecule has 1 heterocycles. The van der Waals surface area contributed by atoms with Gasteiger partial charge >= 0.3 is 5.97 Å². The predicted octanol–water partition coefficient (Wildman–Crippen LogP) is 1.32. The van der Waals surface area contributed by atoms with Crippen LogP contribution < -0.4 is 5.32 Å². The summed E-state index contributed by atoms with van der Waals surface area (Å²) in [6.07, 6.45) is 0.997. The summed E-state index contributed by atoms with van der Waals surface area (Å²) in [6.45, 7) is 6.11. The number of hydrogen-bond acceptors (Lipinski definition) is 5. The van der Waals surface area contributed by atoms with E-state index in [-0.39, 0.29) is 5.69 Å². The molecule has 0 bridgehead atoms. The van der Waals surface area contributed by atoms with Crippen LogP contribution in [-0.2, 0) is 0 Å². The smallest absolute Gasteiger partial charge is 0.356 e. The molecular formula is C12H20N4O2. The highest BCUT2D eigenvalue weighted by atomic mass is 16.4. The minimum Gasteiger partial charge on any atom is -0.476 e. The summed E-state index contributed by atoms with van der Waals surface area (Å²) in [7, 11) is 2.09. The first-order valence-corrected chi connectivity index (χ1v) is 6.02.